The van der Waals surface area contributed by atoms with Gasteiger partial charge in [-0.2, -0.15) is 26.3 Å². The van der Waals surface area contributed by atoms with Crippen molar-refractivity contribution in [3.63, 3.8) is 0 Å². The number of hydrogen-bond acceptors (Lipinski definition) is 6. The molecule has 0 saturated heterocycles. The Bertz CT molecular complexity index is 2130. The van der Waals surface area contributed by atoms with Gasteiger partial charge in [0.25, 0.3) is 0 Å². The summed E-state index contributed by atoms with van der Waals surface area (Å²) >= 11 is 2.11. The second kappa shape index (κ2) is 20.1. The average molecular weight is 963 g/mol. The number of anilines is 2. The highest BCUT2D eigenvalue weighted by molar-refractivity contribution is 14.1. The first-order chi connectivity index (χ1) is 27.4. The Labute approximate surface area is 360 Å². The zero-order valence-electron chi connectivity index (χ0n) is 34.9. The van der Waals surface area contributed by atoms with Gasteiger partial charge in [0.15, 0.2) is 0 Å². The van der Waals surface area contributed by atoms with Crippen LogP contribution in [0.25, 0.3) is 22.3 Å². The Kier molecular flexibility index (Phi) is 16.2. The number of nitrogens with zero attached hydrogens (tertiary/aromatic N) is 4. The van der Waals surface area contributed by atoms with Gasteiger partial charge in [0.2, 0.25) is 0 Å². The summed E-state index contributed by atoms with van der Waals surface area (Å²) in [6.07, 6.45) is 5.43. The first-order valence-corrected chi connectivity index (χ1v) is 27.8. The normalized spacial score (nSPS) is 14.9. The number of hydrogen-bond donors (Lipinski definition) is 2. The molecule has 0 amide bonds. The maximum atomic E-state index is 13.0. The maximum absolute atomic E-state index is 13.0. The fourth-order valence-corrected chi connectivity index (χ4v) is 7.77. The zero-order chi connectivity index (χ0) is 43.8. The Hall–Kier alpha value is -3.94. The first kappa shape index (κ1) is 47.7. The highest BCUT2D eigenvalue weighted by atomic mass is 127. The molecule has 316 valence electrons. The van der Waals surface area contributed by atoms with Gasteiger partial charge in [0.1, 0.15) is 48.8 Å². The molecule has 2 aromatic carbocycles. The average Bonchev–Trinajstić information content (AvgIpc) is 3.85. The van der Waals surface area contributed by atoms with E-state index in [4.69, 9.17) is 6.42 Å². The van der Waals surface area contributed by atoms with Crippen LogP contribution >= 0.6 is 22.6 Å². The second-order valence-electron chi connectivity index (χ2n) is 16.9. The van der Waals surface area contributed by atoms with Crippen LogP contribution in [-0.4, -0.2) is 48.2 Å². The lowest BCUT2D eigenvalue weighted by molar-refractivity contribution is -0.138. The fourth-order valence-electron chi connectivity index (χ4n) is 6.36. The highest BCUT2D eigenvalue weighted by Gasteiger charge is 2.31. The zero-order valence-corrected chi connectivity index (χ0v) is 39.1. The van der Waals surface area contributed by atoms with Gasteiger partial charge in [-0.25, -0.2) is 19.9 Å². The van der Waals surface area contributed by atoms with Crippen LogP contribution in [0.4, 0.5) is 38.0 Å². The summed E-state index contributed by atoms with van der Waals surface area (Å²) in [4.78, 5) is 18.0. The van der Waals surface area contributed by atoms with E-state index < -0.39 is 39.6 Å². The Morgan fingerprint density at radius 2 is 0.983 bits per heavy atom. The molecule has 2 aromatic heterocycles. The van der Waals surface area contributed by atoms with Crippen LogP contribution in [0.1, 0.15) is 79.8 Å². The summed E-state index contributed by atoms with van der Waals surface area (Å²) in [6.45, 7) is 16.5. The molecule has 2 saturated carbocycles. The Morgan fingerprint density at radius 3 is 1.36 bits per heavy atom. The second-order valence-corrected chi connectivity index (χ2v) is 27.5. The fraction of sp³-hybridized carbons (Fsp3) is 0.455. The van der Waals surface area contributed by atoms with E-state index in [1.165, 1.54) is 49.9 Å². The molecule has 0 bridgehead atoms. The van der Waals surface area contributed by atoms with Gasteiger partial charge < -0.3 is 10.6 Å². The van der Waals surface area contributed by atoms with Crippen molar-refractivity contribution in [2.24, 2.45) is 0 Å². The third kappa shape index (κ3) is 14.9. The quantitative estimate of drug-likeness (QED) is 0.0659. The molecule has 6 nitrogen and oxygen atoms in total. The molecule has 2 heterocycles. The number of nitrogens with one attached hydrogen (secondary N) is 2. The summed E-state index contributed by atoms with van der Waals surface area (Å²) in [5.41, 5.74) is 8.08. The molecule has 0 spiro atoms. The van der Waals surface area contributed by atoms with Gasteiger partial charge in [-0.15, -0.1) is 17.5 Å². The van der Waals surface area contributed by atoms with Gasteiger partial charge in [-0.3, -0.25) is 0 Å². The van der Waals surface area contributed by atoms with Gasteiger partial charge in [-0.1, -0.05) is 95.2 Å². The highest BCUT2D eigenvalue weighted by Crippen LogP contribution is 2.37. The van der Waals surface area contributed by atoms with Crippen molar-refractivity contribution in [2.45, 2.75) is 129 Å². The standard InChI is InChI=1S/C22H26F3N3Si.C17H17F3IN3.C5H10Si/c1-15-26-19(13-14-29(2,3)4)20(21(27-15)28-18-7-5-6-8-18)16-9-11-17(12-10-16)22(23,24)25;1-10-22-15(21)14(16(23-10)24-13-4-2-3-5-13)11-6-8-12(9-7-11)17(18,19)20;1-5-6(2,3)4/h9-12,18H,5-8H2,1-4H3,(H,26,27,28);6-9,13H,2-5H2,1H3,(H,22,23,24);1H,2-4H3. The molecule has 15 heteroatoms. The van der Waals surface area contributed by atoms with Crippen molar-refractivity contribution >= 4 is 50.4 Å². The first-order valence-electron chi connectivity index (χ1n) is 19.8. The third-order valence-corrected chi connectivity index (χ3v) is 11.9. The third-order valence-electron chi connectivity index (χ3n) is 9.38. The summed E-state index contributed by atoms with van der Waals surface area (Å²) in [5.74, 6) is 5.81. The summed E-state index contributed by atoms with van der Waals surface area (Å²) in [6, 6.07) is 11.0. The number of aryl methyl sites for hydroxylation is 2. The number of benzene rings is 2. The molecule has 2 aliphatic carbocycles. The van der Waals surface area contributed by atoms with Crippen molar-refractivity contribution in [3.05, 3.63) is 80.7 Å². The smallest absolute Gasteiger partial charge is 0.367 e. The van der Waals surface area contributed by atoms with E-state index in [0.717, 1.165) is 59.2 Å². The summed E-state index contributed by atoms with van der Waals surface area (Å²) < 4.78 is 78.0. The van der Waals surface area contributed by atoms with Gasteiger partial charge >= 0.3 is 12.4 Å². The van der Waals surface area contributed by atoms with Crippen LogP contribution in [0.5, 0.6) is 0 Å². The minimum absolute atomic E-state index is 0.315. The number of alkyl halides is 6. The van der Waals surface area contributed by atoms with Crippen molar-refractivity contribution in [1.29, 1.82) is 0 Å². The van der Waals surface area contributed by atoms with Crippen molar-refractivity contribution in [1.82, 2.24) is 19.9 Å². The predicted octanol–water partition coefficient (Wildman–Crippen LogP) is 13.0. The van der Waals surface area contributed by atoms with Crippen LogP contribution in [-0.2, 0) is 12.4 Å². The summed E-state index contributed by atoms with van der Waals surface area (Å²) in [5, 5.41) is 6.96. The maximum Gasteiger partial charge on any atom is 0.416 e. The van der Waals surface area contributed by atoms with E-state index in [-0.39, 0.29) is 0 Å². The minimum atomic E-state index is -4.37. The SMILES string of the molecule is C#C[Si](C)(C)C.Cc1nc(C#C[Si](C)(C)C)c(-c2ccc(C(F)(F)F)cc2)c(NC2CCCC2)n1.Cc1nc(I)c(-c2ccc(C(F)(F)F)cc2)c(NC2CCCC2)n1. The Morgan fingerprint density at radius 1 is 0.610 bits per heavy atom. The van der Waals surface area contributed by atoms with Crippen LogP contribution in [0.3, 0.4) is 0 Å². The van der Waals surface area contributed by atoms with Gasteiger partial charge in [0, 0.05) is 12.1 Å². The molecule has 0 aliphatic heterocycles. The van der Waals surface area contributed by atoms with Crippen LogP contribution < -0.4 is 10.6 Å². The monoisotopic (exact) mass is 962 g/mol. The van der Waals surface area contributed by atoms with E-state index in [9.17, 15) is 26.3 Å². The van der Waals surface area contributed by atoms with Gasteiger partial charge in [0.05, 0.1) is 22.3 Å². The van der Waals surface area contributed by atoms with E-state index in [2.05, 4.69) is 109 Å². The molecule has 59 heavy (non-hydrogen) atoms. The molecule has 2 N–H and O–H groups in total. The lowest BCUT2D eigenvalue weighted by atomic mass is 10.0. The minimum Gasteiger partial charge on any atom is -0.367 e. The van der Waals surface area contributed by atoms with Crippen molar-refractivity contribution in [2.75, 3.05) is 10.6 Å². The molecule has 0 atom stereocenters. The van der Waals surface area contributed by atoms with Crippen LogP contribution in [0.2, 0.25) is 39.3 Å². The lowest BCUT2D eigenvalue weighted by Gasteiger charge is -2.18. The molecule has 6 rings (SSSR count). The largest absolute Gasteiger partial charge is 0.416 e. The van der Waals surface area contributed by atoms with Gasteiger partial charge in [-0.05, 0) is 97.5 Å². The summed E-state index contributed by atoms with van der Waals surface area (Å²) in [7, 11) is -2.76. The van der Waals surface area contributed by atoms with Crippen LogP contribution in [0.15, 0.2) is 48.5 Å². The molecule has 0 radical (unpaired) electrons. The van der Waals surface area contributed by atoms with E-state index in [0.29, 0.717) is 57.8 Å². The van der Waals surface area contributed by atoms with Crippen molar-refractivity contribution in [3.8, 4) is 45.7 Å². The molecular weight excluding hydrogens is 910 g/mol. The molecule has 0 unspecified atom stereocenters. The molecule has 4 aromatic rings. The number of terminal acetylenes is 1. The Balaban J connectivity index is 0.000000232. The van der Waals surface area contributed by atoms with Crippen LogP contribution in [0, 0.1) is 41.0 Å². The molecule has 2 fully saturated rings. The number of halogens is 7. The predicted molar refractivity (Wildman–Crippen MR) is 241 cm³/mol. The molecule has 2 aliphatic rings. The number of rotatable bonds is 6. The van der Waals surface area contributed by atoms with E-state index in [1.54, 1.807) is 0 Å². The molecular formula is C44H53F6IN6Si2. The lowest BCUT2D eigenvalue weighted by Crippen LogP contribution is -2.18. The number of aromatic nitrogens is 4. The van der Waals surface area contributed by atoms with E-state index in [1.807, 2.05) is 13.8 Å². The topological polar surface area (TPSA) is 75.6 Å². The van der Waals surface area contributed by atoms with E-state index >= 15 is 0 Å². The van der Waals surface area contributed by atoms with Crippen molar-refractivity contribution < 1.29 is 26.3 Å².